The highest BCUT2D eigenvalue weighted by Gasteiger charge is 2.31. The predicted molar refractivity (Wildman–Crippen MR) is 59.1 cm³/mol. The van der Waals surface area contributed by atoms with Gasteiger partial charge in [-0.05, 0) is 36.5 Å². The van der Waals surface area contributed by atoms with E-state index in [2.05, 4.69) is 0 Å². The highest BCUT2D eigenvalue weighted by Crippen LogP contribution is 2.31. The van der Waals surface area contributed by atoms with Gasteiger partial charge in [0.25, 0.3) is 0 Å². The second-order valence-electron chi connectivity index (χ2n) is 4.38. The van der Waals surface area contributed by atoms with Gasteiger partial charge in [-0.2, -0.15) is 0 Å². The number of piperidine rings is 1. The molecule has 1 heterocycles. The average molecular weight is 257 g/mol. The smallest absolute Gasteiger partial charge is 0.409 e. The van der Waals surface area contributed by atoms with Gasteiger partial charge in [0.1, 0.15) is 17.9 Å². The van der Waals surface area contributed by atoms with Crippen molar-refractivity contribution in [2.24, 2.45) is 0 Å². The van der Waals surface area contributed by atoms with Gasteiger partial charge in [0, 0.05) is 12.6 Å². The van der Waals surface area contributed by atoms with Gasteiger partial charge in [0.2, 0.25) is 0 Å². The van der Waals surface area contributed by atoms with Gasteiger partial charge in [-0.3, -0.25) is 4.90 Å². The molecule has 1 aromatic rings. The zero-order valence-corrected chi connectivity index (χ0v) is 9.51. The second kappa shape index (κ2) is 4.89. The first-order chi connectivity index (χ1) is 8.47. The van der Waals surface area contributed by atoms with Crippen LogP contribution in [0.3, 0.4) is 0 Å². The number of carbonyl (C=O) groups is 1. The van der Waals surface area contributed by atoms with E-state index < -0.39 is 24.0 Å². The number of likely N-dealkylation sites (tertiary alicyclic amines) is 1. The van der Waals surface area contributed by atoms with Gasteiger partial charge in [-0.25, -0.2) is 13.6 Å². The number of aliphatic hydroxyl groups is 1. The van der Waals surface area contributed by atoms with Gasteiger partial charge in [-0.1, -0.05) is 0 Å². The Bertz CT molecular complexity index is 446. The number of hydrogen-bond donors (Lipinski definition) is 2. The Morgan fingerprint density at radius 2 is 1.89 bits per heavy atom. The largest absolute Gasteiger partial charge is 0.465 e. The number of nitrogens with zero attached hydrogens (tertiary/aromatic N) is 1. The summed E-state index contributed by atoms with van der Waals surface area (Å²) in [4.78, 5) is 11.7. The summed E-state index contributed by atoms with van der Waals surface area (Å²) >= 11 is 0. The van der Waals surface area contributed by atoms with Crippen LogP contribution in [0.5, 0.6) is 0 Å². The Kier molecular flexibility index (Phi) is 3.47. The molecule has 6 heteroatoms. The quantitative estimate of drug-likeness (QED) is 0.810. The summed E-state index contributed by atoms with van der Waals surface area (Å²) in [6.45, 7) is 0.152. The van der Waals surface area contributed by atoms with Crippen molar-refractivity contribution in [2.75, 3.05) is 6.54 Å². The molecule has 0 aliphatic carbocycles. The third kappa shape index (κ3) is 2.59. The summed E-state index contributed by atoms with van der Waals surface area (Å²) in [5.41, 5.74) is 0.455. The molecule has 0 saturated carbocycles. The van der Waals surface area contributed by atoms with Crippen LogP contribution in [0, 0.1) is 11.6 Å². The number of benzene rings is 1. The third-order valence-electron chi connectivity index (χ3n) is 3.18. The minimum Gasteiger partial charge on any atom is -0.465 e. The normalized spacial score (nSPS) is 24.1. The lowest BCUT2D eigenvalue weighted by Gasteiger charge is -2.34. The summed E-state index contributed by atoms with van der Waals surface area (Å²) in [6.07, 6.45) is -1.74. The first kappa shape index (κ1) is 12.8. The van der Waals surface area contributed by atoms with E-state index in [9.17, 15) is 18.7 Å². The predicted octanol–water partition coefficient (Wildman–Crippen LogP) is 2.14. The van der Waals surface area contributed by atoms with Crippen molar-refractivity contribution < 1.29 is 23.8 Å². The fourth-order valence-corrected chi connectivity index (χ4v) is 2.28. The molecule has 0 radical (unpaired) electrons. The van der Waals surface area contributed by atoms with E-state index in [1.54, 1.807) is 0 Å². The van der Waals surface area contributed by atoms with Crippen molar-refractivity contribution in [3.8, 4) is 0 Å². The molecule has 1 aliphatic heterocycles. The minimum atomic E-state index is -1.19. The molecule has 1 aromatic carbocycles. The number of hydrogen-bond acceptors (Lipinski definition) is 2. The number of aliphatic hydroxyl groups excluding tert-OH is 1. The molecule has 2 atom stereocenters. The van der Waals surface area contributed by atoms with E-state index in [-0.39, 0.29) is 18.9 Å². The van der Waals surface area contributed by atoms with E-state index >= 15 is 0 Å². The van der Waals surface area contributed by atoms with Crippen molar-refractivity contribution in [1.82, 2.24) is 4.90 Å². The highest BCUT2D eigenvalue weighted by atomic mass is 19.1. The van der Waals surface area contributed by atoms with Crippen LogP contribution >= 0.6 is 0 Å². The van der Waals surface area contributed by atoms with Gasteiger partial charge < -0.3 is 10.2 Å². The summed E-state index contributed by atoms with van der Waals surface area (Å²) in [7, 11) is 0. The molecule has 2 N–H and O–H groups in total. The van der Waals surface area contributed by atoms with E-state index in [0.29, 0.717) is 12.0 Å². The summed E-state index contributed by atoms with van der Waals surface area (Å²) in [5.74, 6) is -1.57. The van der Waals surface area contributed by atoms with Crippen LogP contribution < -0.4 is 0 Å². The van der Waals surface area contributed by atoms with Crippen LogP contribution in [0.4, 0.5) is 13.6 Å². The molecule has 4 nitrogen and oxygen atoms in total. The number of halogens is 2. The Labute approximate surface area is 102 Å². The molecule has 98 valence electrons. The van der Waals surface area contributed by atoms with Crippen molar-refractivity contribution in [3.05, 3.63) is 35.4 Å². The fraction of sp³-hybridized carbons (Fsp3) is 0.417. The van der Waals surface area contributed by atoms with Gasteiger partial charge >= 0.3 is 6.09 Å². The molecular weight excluding hydrogens is 244 g/mol. The molecular formula is C12H13F2NO3. The maximum atomic E-state index is 13.1. The molecule has 1 amide bonds. The molecule has 2 rings (SSSR count). The molecule has 1 fully saturated rings. The number of rotatable bonds is 1. The summed E-state index contributed by atoms with van der Waals surface area (Å²) in [6, 6.07) is 3.22. The first-order valence-corrected chi connectivity index (χ1v) is 5.61. The first-order valence-electron chi connectivity index (χ1n) is 5.61. The maximum Gasteiger partial charge on any atom is 0.409 e. The van der Waals surface area contributed by atoms with Crippen molar-refractivity contribution in [2.45, 2.75) is 25.0 Å². The lowest BCUT2D eigenvalue weighted by Crippen LogP contribution is -2.44. The van der Waals surface area contributed by atoms with Crippen molar-refractivity contribution in [1.29, 1.82) is 0 Å². The zero-order valence-electron chi connectivity index (χ0n) is 9.51. The lowest BCUT2D eigenvalue weighted by atomic mass is 9.88. The SMILES string of the molecule is O=C(O)N1CCC(c2cc(F)cc(F)c2)CC1O. The zero-order chi connectivity index (χ0) is 13.3. The number of carboxylic acid groups (broad SMARTS) is 1. The fourth-order valence-electron chi connectivity index (χ4n) is 2.28. The molecule has 1 aliphatic rings. The van der Waals surface area contributed by atoms with Gasteiger partial charge in [0.15, 0.2) is 0 Å². The van der Waals surface area contributed by atoms with Gasteiger partial charge in [0.05, 0.1) is 0 Å². The van der Waals surface area contributed by atoms with E-state index in [1.165, 1.54) is 12.1 Å². The molecule has 0 aromatic heterocycles. The van der Waals surface area contributed by atoms with Crippen LogP contribution in [-0.2, 0) is 0 Å². The van der Waals surface area contributed by atoms with Crippen LogP contribution in [0.15, 0.2) is 18.2 Å². The Balaban J connectivity index is 2.14. The van der Waals surface area contributed by atoms with Crippen LogP contribution in [0.25, 0.3) is 0 Å². The second-order valence-corrected chi connectivity index (χ2v) is 4.38. The highest BCUT2D eigenvalue weighted by molar-refractivity contribution is 5.65. The molecule has 0 spiro atoms. The minimum absolute atomic E-state index is 0.148. The molecule has 1 saturated heterocycles. The molecule has 0 bridgehead atoms. The molecule has 2 unspecified atom stereocenters. The summed E-state index contributed by atoms with van der Waals surface area (Å²) < 4.78 is 26.2. The van der Waals surface area contributed by atoms with Crippen molar-refractivity contribution >= 4 is 6.09 Å². The molecule has 18 heavy (non-hydrogen) atoms. The average Bonchev–Trinajstić information content (AvgIpc) is 2.26. The Morgan fingerprint density at radius 1 is 1.28 bits per heavy atom. The van der Waals surface area contributed by atoms with Gasteiger partial charge in [-0.15, -0.1) is 0 Å². The monoisotopic (exact) mass is 257 g/mol. The van der Waals surface area contributed by atoms with Crippen LogP contribution in [-0.4, -0.2) is 34.0 Å². The van der Waals surface area contributed by atoms with E-state index in [4.69, 9.17) is 5.11 Å². The third-order valence-corrected chi connectivity index (χ3v) is 3.18. The standard InChI is InChI=1S/C12H13F2NO3/c13-9-3-8(4-10(14)6-9)7-1-2-15(12(17)18)11(16)5-7/h3-4,6-7,11,16H,1-2,5H2,(H,17,18). The van der Waals surface area contributed by atoms with Crippen LogP contribution in [0.2, 0.25) is 0 Å². The van der Waals surface area contributed by atoms with Crippen LogP contribution in [0.1, 0.15) is 24.3 Å². The van der Waals surface area contributed by atoms with Crippen molar-refractivity contribution in [3.63, 3.8) is 0 Å². The maximum absolute atomic E-state index is 13.1. The number of amides is 1. The Morgan fingerprint density at radius 3 is 2.39 bits per heavy atom. The van der Waals surface area contributed by atoms with E-state index in [0.717, 1.165) is 11.0 Å². The Hall–Kier alpha value is -1.69. The van der Waals surface area contributed by atoms with E-state index in [1.807, 2.05) is 0 Å². The summed E-state index contributed by atoms with van der Waals surface area (Å²) in [5, 5.41) is 18.5. The topological polar surface area (TPSA) is 60.8 Å². The lowest BCUT2D eigenvalue weighted by molar-refractivity contribution is -0.0179.